The number of benzene rings is 2. The van der Waals surface area contributed by atoms with Gasteiger partial charge in [0.15, 0.2) is 5.76 Å². The molecule has 1 aliphatic rings. The molecule has 4 aromatic rings. The Morgan fingerprint density at radius 3 is 2.59 bits per heavy atom. The number of anilines is 2. The summed E-state index contributed by atoms with van der Waals surface area (Å²) in [5, 5.41) is 12.0. The van der Waals surface area contributed by atoms with Crippen LogP contribution in [0.1, 0.15) is 27.0 Å². The minimum Gasteiger partial charge on any atom is -0.452 e. The molecule has 5 rings (SSSR count). The number of ether oxygens (including phenoxy) is 2. The molecule has 1 N–H and O–H groups in total. The molecule has 8 heteroatoms. The Bertz CT molecular complexity index is 1460. The summed E-state index contributed by atoms with van der Waals surface area (Å²) in [6.45, 7) is 1.83. The lowest BCUT2D eigenvalue weighted by Gasteiger charge is -2.11. The fourth-order valence-corrected chi connectivity index (χ4v) is 3.42. The number of pyridine rings is 1. The van der Waals surface area contributed by atoms with Gasteiger partial charge in [-0.3, -0.25) is 9.78 Å². The van der Waals surface area contributed by atoms with Crippen molar-refractivity contribution in [2.24, 2.45) is 0 Å². The van der Waals surface area contributed by atoms with Gasteiger partial charge in [-0.15, -0.1) is 0 Å². The minimum absolute atomic E-state index is 0.183. The number of carbonyl (C=O) groups excluding carboxylic acids is 1. The zero-order chi connectivity index (χ0) is 23.5. The summed E-state index contributed by atoms with van der Waals surface area (Å²) in [6, 6.07) is 17.7. The number of allylic oxidation sites excluding steroid dienone is 1. The van der Waals surface area contributed by atoms with Crippen LogP contribution in [-0.2, 0) is 0 Å². The van der Waals surface area contributed by atoms with E-state index in [1.807, 2.05) is 6.92 Å². The predicted molar refractivity (Wildman–Crippen MR) is 125 cm³/mol. The van der Waals surface area contributed by atoms with Crippen LogP contribution in [0.3, 0.4) is 0 Å². The molecule has 0 saturated carbocycles. The van der Waals surface area contributed by atoms with Crippen LogP contribution in [0, 0.1) is 18.3 Å². The number of Topliss-reactive ketones (excluding diaryl/α,β-unsaturated/α-hetero) is 1. The lowest BCUT2D eigenvalue weighted by Crippen LogP contribution is -1.99. The van der Waals surface area contributed by atoms with E-state index in [2.05, 4.69) is 26.3 Å². The Kier molecular flexibility index (Phi) is 5.42. The molecule has 0 spiro atoms. The molecule has 8 nitrogen and oxygen atoms in total. The molecule has 164 valence electrons. The maximum absolute atomic E-state index is 12.8. The van der Waals surface area contributed by atoms with Crippen LogP contribution in [0.5, 0.6) is 17.4 Å². The van der Waals surface area contributed by atoms with Crippen molar-refractivity contribution >= 4 is 23.5 Å². The molecule has 0 radical (unpaired) electrons. The van der Waals surface area contributed by atoms with Gasteiger partial charge in [0.25, 0.3) is 0 Å². The van der Waals surface area contributed by atoms with Crippen molar-refractivity contribution in [3.63, 3.8) is 0 Å². The third kappa shape index (κ3) is 4.18. The second-order valence-corrected chi connectivity index (χ2v) is 7.42. The molecule has 0 amide bonds. The topological polar surface area (TPSA) is 110 Å². The molecule has 0 unspecified atom stereocenters. The number of fused-ring (bicyclic) bond motifs is 1. The van der Waals surface area contributed by atoms with E-state index in [0.29, 0.717) is 40.0 Å². The van der Waals surface area contributed by atoms with Crippen LogP contribution in [0.2, 0.25) is 0 Å². The molecule has 0 aliphatic carbocycles. The Labute approximate surface area is 195 Å². The average Bonchev–Trinajstić information content (AvgIpc) is 3.18. The van der Waals surface area contributed by atoms with Crippen molar-refractivity contribution in [2.45, 2.75) is 6.92 Å². The Balaban J connectivity index is 1.36. The SMILES string of the molecule is Cc1c(Oc2ccnc(Nc3ccc(C#N)cc3)n2)ccc2c1O/C(=C\c1ccncc1)C2=O. The van der Waals surface area contributed by atoms with Crippen molar-refractivity contribution in [1.82, 2.24) is 15.0 Å². The normalized spacial score (nSPS) is 13.2. The number of nitrogens with zero attached hydrogens (tertiary/aromatic N) is 4. The highest BCUT2D eigenvalue weighted by atomic mass is 16.5. The van der Waals surface area contributed by atoms with Crippen LogP contribution in [0.15, 0.2) is 78.9 Å². The monoisotopic (exact) mass is 447 g/mol. The van der Waals surface area contributed by atoms with Crippen molar-refractivity contribution in [1.29, 1.82) is 5.26 Å². The average molecular weight is 447 g/mol. The van der Waals surface area contributed by atoms with Gasteiger partial charge in [-0.05, 0) is 67.1 Å². The maximum atomic E-state index is 12.8. The molecule has 3 heterocycles. The van der Waals surface area contributed by atoms with Gasteiger partial charge >= 0.3 is 0 Å². The van der Waals surface area contributed by atoms with Gasteiger partial charge in [0.1, 0.15) is 11.5 Å². The number of nitrogens with one attached hydrogen (secondary N) is 1. The lowest BCUT2D eigenvalue weighted by atomic mass is 10.1. The zero-order valence-corrected chi connectivity index (χ0v) is 18.0. The molecule has 1 aliphatic heterocycles. The van der Waals surface area contributed by atoms with E-state index >= 15 is 0 Å². The molecule has 34 heavy (non-hydrogen) atoms. The van der Waals surface area contributed by atoms with E-state index < -0.39 is 0 Å². The van der Waals surface area contributed by atoms with Gasteiger partial charge in [0.2, 0.25) is 17.6 Å². The molecule has 2 aromatic heterocycles. The molecule has 0 atom stereocenters. The summed E-state index contributed by atoms with van der Waals surface area (Å²) in [7, 11) is 0. The Hall–Kier alpha value is -5.03. The lowest BCUT2D eigenvalue weighted by molar-refractivity contribution is 0.101. The smallest absolute Gasteiger partial charge is 0.231 e. The highest BCUT2D eigenvalue weighted by Crippen LogP contribution is 2.40. The van der Waals surface area contributed by atoms with E-state index in [1.54, 1.807) is 79.3 Å². The summed E-state index contributed by atoms with van der Waals surface area (Å²) in [4.78, 5) is 25.4. The van der Waals surface area contributed by atoms with Crippen molar-refractivity contribution in [3.05, 3.63) is 101 Å². The third-order valence-electron chi connectivity index (χ3n) is 5.16. The van der Waals surface area contributed by atoms with Gasteiger partial charge in [0.05, 0.1) is 17.2 Å². The highest BCUT2D eigenvalue weighted by molar-refractivity contribution is 6.14. The standard InChI is InChI=1S/C26H17N5O3/c1-16-21(7-6-20-24(32)22(34-25(16)20)14-17-8-11-28-12-9-17)33-23-10-13-29-26(31-23)30-19-4-2-18(15-27)3-5-19/h2-14H,1H3,(H,29,30,31)/b22-14-. The predicted octanol–water partition coefficient (Wildman–Crippen LogP) is 5.20. The minimum atomic E-state index is -0.183. The van der Waals surface area contributed by atoms with Gasteiger partial charge in [-0.1, -0.05) is 0 Å². The molecule has 0 bridgehead atoms. The van der Waals surface area contributed by atoms with Gasteiger partial charge < -0.3 is 14.8 Å². The maximum Gasteiger partial charge on any atom is 0.231 e. The third-order valence-corrected chi connectivity index (χ3v) is 5.16. The number of hydrogen-bond donors (Lipinski definition) is 1. The second kappa shape index (κ2) is 8.84. The van der Waals surface area contributed by atoms with Gasteiger partial charge in [0, 0.05) is 35.9 Å². The first-order valence-corrected chi connectivity index (χ1v) is 10.4. The number of carbonyl (C=O) groups is 1. The number of rotatable bonds is 5. The fraction of sp³-hybridized carbons (Fsp3) is 0.0385. The molecular formula is C26H17N5O3. The van der Waals surface area contributed by atoms with Crippen molar-refractivity contribution in [3.8, 4) is 23.4 Å². The molecule has 0 fully saturated rings. The number of hydrogen-bond acceptors (Lipinski definition) is 8. The Morgan fingerprint density at radius 2 is 1.82 bits per heavy atom. The molecular weight excluding hydrogens is 430 g/mol. The van der Waals surface area contributed by atoms with E-state index in [9.17, 15) is 4.79 Å². The summed E-state index contributed by atoms with van der Waals surface area (Å²) in [5.41, 5.74) is 3.30. The number of ketones is 1. The quantitative estimate of drug-likeness (QED) is 0.416. The second-order valence-electron chi connectivity index (χ2n) is 7.42. The van der Waals surface area contributed by atoms with E-state index in [-0.39, 0.29) is 11.5 Å². The first-order valence-electron chi connectivity index (χ1n) is 10.4. The van der Waals surface area contributed by atoms with Crippen LogP contribution in [0.4, 0.5) is 11.6 Å². The van der Waals surface area contributed by atoms with Crippen molar-refractivity contribution in [2.75, 3.05) is 5.32 Å². The highest BCUT2D eigenvalue weighted by Gasteiger charge is 2.30. The Morgan fingerprint density at radius 1 is 1.03 bits per heavy atom. The van der Waals surface area contributed by atoms with Crippen LogP contribution in [0.25, 0.3) is 6.08 Å². The first-order chi connectivity index (χ1) is 16.6. The first kappa shape index (κ1) is 20.8. The van der Waals surface area contributed by atoms with Crippen LogP contribution in [-0.4, -0.2) is 20.7 Å². The van der Waals surface area contributed by atoms with Crippen LogP contribution >= 0.6 is 0 Å². The summed E-state index contributed by atoms with van der Waals surface area (Å²) >= 11 is 0. The zero-order valence-electron chi connectivity index (χ0n) is 18.0. The van der Waals surface area contributed by atoms with Gasteiger partial charge in [-0.2, -0.15) is 10.2 Å². The van der Waals surface area contributed by atoms with E-state index in [1.165, 1.54) is 0 Å². The largest absolute Gasteiger partial charge is 0.452 e. The van der Waals surface area contributed by atoms with E-state index in [0.717, 1.165) is 11.3 Å². The number of aromatic nitrogens is 3. The summed E-state index contributed by atoms with van der Waals surface area (Å²) in [5.74, 6) is 1.71. The number of nitriles is 1. The molecule has 0 saturated heterocycles. The molecule has 2 aromatic carbocycles. The van der Waals surface area contributed by atoms with E-state index in [4.69, 9.17) is 14.7 Å². The fourth-order valence-electron chi connectivity index (χ4n) is 3.42. The van der Waals surface area contributed by atoms with Crippen molar-refractivity contribution < 1.29 is 14.3 Å². The summed E-state index contributed by atoms with van der Waals surface area (Å²) < 4.78 is 11.9. The van der Waals surface area contributed by atoms with Gasteiger partial charge in [-0.25, -0.2) is 4.98 Å². The van der Waals surface area contributed by atoms with Crippen LogP contribution < -0.4 is 14.8 Å². The summed E-state index contributed by atoms with van der Waals surface area (Å²) in [6.07, 6.45) is 6.58.